The largest absolute Gasteiger partial charge is 0.461 e. The molecule has 0 aliphatic rings. The van der Waals surface area contributed by atoms with Gasteiger partial charge in [-0.25, -0.2) is 13.6 Å². The van der Waals surface area contributed by atoms with Gasteiger partial charge in [-0.15, -0.1) is 0 Å². The van der Waals surface area contributed by atoms with Crippen molar-refractivity contribution < 1.29 is 18.3 Å². The van der Waals surface area contributed by atoms with E-state index in [2.05, 4.69) is 9.84 Å². The van der Waals surface area contributed by atoms with Crippen LogP contribution in [0.5, 0.6) is 0 Å². The van der Waals surface area contributed by atoms with Crippen LogP contribution in [-0.4, -0.2) is 28.8 Å². The molecule has 0 aliphatic carbocycles. The SMILES string of the molecule is CCOC(=O)c1cc(N)nn1CC(F)F. The highest BCUT2D eigenvalue weighted by atomic mass is 19.3. The molecule has 0 radical (unpaired) electrons. The van der Waals surface area contributed by atoms with Gasteiger partial charge in [0.15, 0.2) is 0 Å². The van der Waals surface area contributed by atoms with Gasteiger partial charge in [0.05, 0.1) is 6.61 Å². The summed E-state index contributed by atoms with van der Waals surface area (Å²) in [5.41, 5.74) is 5.24. The van der Waals surface area contributed by atoms with Gasteiger partial charge in [0.2, 0.25) is 0 Å². The molecule has 0 aromatic carbocycles. The van der Waals surface area contributed by atoms with E-state index in [0.717, 1.165) is 4.68 Å². The van der Waals surface area contributed by atoms with Crippen molar-refractivity contribution in [2.24, 2.45) is 0 Å². The first-order chi connectivity index (χ1) is 7.04. The van der Waals surface area contributed by atoms with E-state index in [1.54, 1.807) is 6.92 Å². The van der Waals surface area contributed by atoms with Gasteiger partial charge in [-0.3, -0.25) is 4.68 Å². The van der Waals surface area contributed by atoms with Crippen LogP contribution in [-0.2, 0) is 11.3 Å². The van der Waals surface area contributed by atoms with Crippen LogP contribution < -0.4 is 5.73 Å². The lowest BCUT2D eigenvalue weighted by Gasteiger charge is -2.05. The van der Waals surface area contributed by atoms with Gasteiger partial charge in [-0.2, -0.15) is 5.10 Å². The van der Waals surface area contributed by atoms with E-state index in [4.69, 9.17) is 5.73 Å². The summed E-state index contributed by atoms with van der Waals surface area (Å²) in [6, 6.07) is 1.21. The van der Waals surface area contributed by atoms with Crippen molar-refractivity contribution in [3.05, 3.63) is 11.8 Å². The first-order valence-electron chi connectivity index (χ1n) is 4.33. The molecule has 1 rings (SSSR count). The third-order valence-corrected chi connectivity index (χ3v) is 1.59. The second-order valence-electron chi connectivity index (χ2n) is 2.75. The van der Waals surface area contributed by atoms with E-state index in [9.17, 15) is 13.6 Å². The molecule has 0 spiro atoms. The average Bonchev–Trinajstić information content (AvgIpc) is 2.46. The summed E-state index contributed by atoms with van der Waals surface area (Å²) < 4.78 is 29.7. The van der Waals surface area contributed by atoms with Crippen LogP contribution in [0, 0.1) is 0 Å². The fourth-order valence-electron chi connectivity index (χ4n) is 1.08. The summed E-state index contributed by atoms with van der Waals surface area (Å²) in [4.78, 5) is 11.3. The maximum Gasteiger partial charge on any atom is 0.356 e. The zero-order valence-electron chi connectivity index (χ0n) is 8.11. The maximum absolute atomic E-state index is 12.1. The Labute approximate surface area is 84.8 Å². The van der Waals surface area contributed by atoms with Crippen LogP contribution in [0.4, 0.5) is 14.6 Å². The van der Waals surface area contributed by atoms with Gasteiger partial charge >= 0.3 is 5.97 Å². The molecule has 1 aromatic heterocycles. The van der Waals surface area contributed by atoms with Crippen LogP contribution in [0.25, 0.3) is 0 Å². The number of esters is 1. The minimum atomic E-state index is -2.60. The second-order valence-corrected chi connectivity index (χ2v) is 2.75. The van der Waals surface area contributed by atoms with E-state index in [1.165, 1.54) is 6.07 Å². The minimum absolute atomic E-state index is 0.0127. The fourth-order valence-corrected chi connectivity index (χ4v) is 1.08. The lowest BCUT2D eigenvalue weighted by atomic mass is 10.4. The molecular weight excluding hydrogens is 208 g/mol. The smallest absolute Gasteiger partial charge is 0.356 e. The summed E-state index contributed by atoms with van der Waals surface area (Å²) in [6.45, 7) is 1.11. The van der Waals surface area contributed by atoms with Gasteiger partial charge in [-0.1, -0.05) is 0 Å². The van der Waals surface area contributed by atoms with E-state index in [1.807, 2.05) is 0 Å². The molecule has 0 aliphatic heterocycles. The standard InChI is InChI=1S/C8H11F2N3O2/c1-2-15-8(14)5-3-7(11)12-13(5)4-6(9)10/h3,6H,2,4H2,1H3,(H2,11,12). The highest BCUT2D eigenvalue weighted by Gasteiger charge is 2.17. The minimum Gasteiger partial charge on any atom is -0.461 e. The quantitative estimate of drug-likeness (QED) is 0.764. The highest BCUT2D eigenvalue weighted by Crippen LogP contribution is 2.10. The third kappa shape index (κ3) is 2.90. The number of rotatable bonds is 4. The summed E-state index contributed by atoms with van der Waals surface area (Å²) in [7, 11) is 0. The molecule has 0 saturated carbocycles. The molecule has 0 bridgehead atoms. The van der Waals surface area contributed by atoms with Crippen LogP contribution in [0.2, 0.25) is 0 Å². The van der Waals surface area contributed by atoms with Crippen LogP contribution in [0.1, 0.15) is 17.4 Å². The number of alkyl halides is 2. The molecule has 0 saturated heterocycles. The van der Waals surface area contributed by atoms with Crippen LogP contribution >= 0.6 is 0 Å². The molecule has 1 aromatic rings. The Hall–Kier alpha value is -1.66. The topological polar surface area (TPSA) is 70.1 Å². The first kappa shape index (κ1) is 11.4. The van der Waals surface area contributed by atoms with Crippen molar-refractivity contribution in [3.8, 4) is 0 Å². The fraction of sp³-hybridized carbons (Fsp3) is 0.500. The predicted molar refractivity (Wildman–Crippen MR) is 48.6 cm³/mol. The number of halogens is 2. The number of nitrogens with two attached hydrogens (primary N) is 1. The van der Waals surface area contributed by atoms with Gasteiger partial charge in [0, 0.05) is 6.07 Å². The molecule has 7 heteroatoms. The third-order valence-electron chi connectivity index (χ3n) is 1.59. The lowest BCUT2D eigenvalue weighted by molar-refractivity contribution is 0.0502. The van der Waals surface area contributed by atoms with Crippen molar-refractivity contribution in [3.63, 3.8) is 0 Å². The Kier molecular flexibility index (Phi) is 3.59. The Morgan fingerprint density at radius 3 is 2.93 bits per heavy atom. The van der Waals surface area contributed by atoms with Gasteiger partial charge < -0.3 is 10.5 Å². The summed E-state index contributed by atoms with van der Waals surface area (Å²) in [5.74, 6) is -0.693. The zero-order chi connectivity index (χ0) is 11.4. The van der Waals surface area contributed by atoms with E-state index >= 15 is 0 Å². The molecule has 0 unspecified atom stereocenters. The Bertz CT molecular complexity index is 352. The molecular formula is C8H11F2N3O2. The van der Waals surface area contributed by atoms with Crippen molar-refractivity contribution >= 4 is 11.8 Å². The molecule has 2 N–H and O–H groups in total. The summed E-state index contributed by atoms with van der Waals surface area (Å²) in [5, 5.41) is 3.57. The molecule has 0 fully saturated rings. The van der Waals surface area contributed by atoms with E-state index in [-0.39, 0.29) is 18.1 Å². The number of hydrogen-bond acceptors (Lipinski definition) is 4. The van der Waals surface area contributed by atoms with Crippen LogP contribution in [0.3, 0.4) is 0 Å². The number of ether oxygens (including phenoxy) is 1. The van der Waals surface area contributed by atoms with Gasteiger partial charge in [0.1, 0.15) is 18.1 Å². The van der Waals surface area contributed by atoms with Crippen molar-refractivity contribution in [2.45, 2.75) is 19.9 Å². The molecule has 0 amide bonds. The number of nitrogen functional groups attached to an aromatic ring is 1. The number of aromatic nitrogens is 2. The Balaban J connectivity index is 2.90. The molecule has 1 heterocycles. The van der Waals surface area contributed by atoms with Crippen molar-refractivity contribution in [2.75, 3.05) is 12.3 Å². The van der Waals surface area contributed by atoms with E-state index < -0.39 is 18.9 Å². The highest BCUT2D eigenvalue weighted by molar-refractivity contribution is 5.88. The monoisotopic (exact) mass is 219 g/mol. The zero-order valence-corrected chi connectivity index (χ0v) is 8.11. The maximum atomic E-state index is 12.1. The van der Waals surface area contributed by atoms with Gasteiger partial charge in [-0.05, 0) is 6.92 Å². The number of carbonyl (C=O) groups is 1. The van der Waals surface area contributed by atoms with Crippen LogP contribution in [0.15, 0.2) is 6.07 Å². The number of carbonyl (C=O) groups excluding carboxylic acids is 1. The summed E-state index contributed by atoms with van der Waals surface area (Å²) in [6.07, 6.45) is -2.60. The van der Waals surface area contributed by atoms with Crippen molar-refractivity contribution in [1.82, 2.24) is 9.78 Å². The Morgan fingerprint density at radius 2 is 2.40 bits per heavy atom. The molecule has 5 nitrogen and oxygen atoms in total. The number of hydrogen-bond donors (Lipinski definition) is 1. The van der Waals surface area contributed by atoms with Crippen molar-refractivity contribution in [1.29, 1.82) is 0 Å². The second kappa shape index (κ2) is 4.72. The summed E-state index contributed by atoms with van der Waals surface area (Å²) >= 11 is 0. The lowest BCUT2D eigenvalue weighted by Crippen LogP contribution is -2.16. The Morgan fingerprint density at radius 1 is 1.73 bits per heavy atom. The van der Waals surface area contributed by atoms with E-state index in [0.29, 0.717) is 0 Å². The molecule has 15 heavy (non-hydrogen) atoms. The average molecular weight is 219 g/mol. The number of anilines is 1. The molecule has 0 atom stereocenters. The van der Waals surface area contributed by atoms with Gasteiger partial charge in [0.25, 0.3) is 6.43 Å². The molecule has 84 valence electrons. The first-order valence-corrected chi connectivity index (χ1v) is 4.33. The predicted octanol–water partition coefficient (Wildman–Crippen LogP) is 0.907. The number of nitrogens with zero attached hydrogens (tertiary/aromatic N) is 2. The normalized spacial score (nSPS) is 10.7.